The Kier molecular flexibility index (Phi) is 13.9. The van der Waals surface area contributed by atoms with E-state index in [-0.39, 0.29) is 63.1 Å². The number of hydrazone groups is 1. The Labute approximate surface area is 333 Å². The zero-order valence-corrected chi connectivity index (χ0v) is 34.5. The highest BCUT2D eigenvalue weighted by atomic mass is 127. The van der Waals surface area contributed by atoms with Gasteiger partial charge in [0.2, 0.25) is 5.60 Å². The van der Waals surface area contributed by atoms with Crippen molar-refractivity contribution in [2.24, 2.45) is 5.10 Å². The number of likely N-dealkylation sites (tertiary alicyclic amines) is 2. The molecule has 0 unspecified atom stereocenters. The summed E-state index contributed by atoms with van der Waals surface area (Å²) in [6.07, 6.45) is 1.20. The molecular weight excluding hydrogens is 943 g/mol. The van der Waals surface area contributed by atoms with E-state index in [1.54, 1.807) is 4.90 Å². The first-order valence-corrected chi connectivity index (χ1v) is 22.5. The molecule has 0 spiro atoms. The lowest BCUT2D eigenvalue weighted by Gasteiger charge is -2.50. The number of halogens is 7. The predicted octanol–water partition coefficient (Wildman–Crippen LogP) is 9.14. The van der Waals surface area contributed by atoms with E-state index in [1.807, 2.05) is 19.1 Å². The molecule has 2 atom stereocenters. The van der Waals surface area contributed by atoms with Crippen LogP contribution in [0.5, 0.6) is 5.75 Å². The molecule has 2 aliphatic rings. The maximum Gasteiger partial charge on any atom is 0.417 e. The summed E-state index contributed by atoms with van der Waals surface area (Å²) in [6.45, 7) is 6.26. The second-order valence-corrected chi connectivity index (χ2v) is 17.7. The van der Waals surface area contributed by atoms with Crippen LogP contribution in [-0.2, 0) is 21.3 Å². The van der Waals surface area contributed by atoms with Gasteiger partial charge in [0.05, 0.1) is 25.7 Å². The number of aryl methyl sites for hydroxylation is 1. The second-order valence-electron chi connectivity index (χ2n) is 13.1. The van der Waals surface area contributed by atoms with Crippen LogP contribution in [0.2, 0.25) is 0 Å². The lowest BCUT2D eigenvalue weighted by Crippen LogP contribution is -2.68. The second kappa shape index (κ2) is 17.8. The van der Waals surface area contributed by atoms with Crippen molar-refractivity contribution in [1.82, 2.24) is 20.2 Å². The lowest BCUT2D eigenvalue weighted by molar-refractivity contribution is -0.160. The zero-order chi connectivity index (χ0) is 38.4. The van der Waals surface area contributed by atoms with Crippen LogP contribution in [0.3, 0.4) is 0 Å². The van der Waals surface area contributed by atoms with Crippen molar-refractivity contribution < 1.29 is 36.3 Å². The minimum absolute atomic E-state index is 0.0538. The Balaban J connectivity index is 1.46. The summed E-state index contributed by atoms with van der Waals surface area (Å²) in [4.78, 5) is 37.8. The van der Waals surface area contributed by atoms with Gasteiger partial charge in [0.25, 0.3) is 11.8 Å². The number of amides is 2. The number of hydrogen-bond donors (Lipinski definition) is 1. The van der Waals surface area contributed by atoms with Crippen molar-refractivity contribution in [2.45, 2.75) is 86.0 Å². The smallest absolute Gasteiger partial charge is 0.417 e. The molecule has 2 aromatic heterocycles. The number of hydrogen-bond acceptors (Lipinski definition) is 7. The number of thiophene rings is 1. The van der Waals surface area contributed by atoms with Crippen LogP contribution < -0.4 is 10.2 Å². The van der Waals surface area contributed by atoms with Gasteiger partial charge in [-0.15, -0.1) is 32.1 Å². The minimum Gasteiger partial charge on any atom is -0.474 e. The normalized spacial score (nSPS) is 20.5. The highest BCUT2D eigenvalue weighted by molar-refractivity contribution is 14.2. The number of aromatic nitrogens is 1. The van der Waals surface area contributed by atoms with Gasteiger partial charge in [-0.05, 0) is 66.6 Å². The number of nitrogens with one attached hydrogen (secondary N) is 1. The molecule has 53 heavy (non-hydrogen) atoms. The van der Waals surface area contributed by atoms with Crippen molar-refractivity contribution in [3.05, 3.63) is 81.3 Å². The lowest BCUT2D eigenvalue weighted by atomic mass is 9.78. The maximum absolute atomic E-state index is 15.0. The third-order valence-electron chi connectivity index (χ3n) is 9.88. The fourth-order valence-corrected chi connectivity index (χ4v) is 9.88. The largest absolute Gasteiger partial charge is 0.474 e. The van der Waals surface area contributed by atoms with Gasteiger partial charge in [0.15, 0.2) is 0 Å². The molecule has 0 saturated carbocycles. The van der Waals surface area contributed by atoms with Crippen molar-refractivity contribution in [3.8, 4) is 5.75 Å². The summed E-state index contributed by atoms with van der Waals surface area (Å²) in [5, 5.41) is 5.25. The van der Waals surface area contributed by atoms with Gasteiger partial charge < -0.3 is 14.5 Å². The predicted molar refractivity (Wildman–Crippen MR) is 215 cm³/mol. The van der Waals surface area contributed by atoms with Crippen LogP contribution in [0.25, 0.3) is 0 Å². The van der Waals surface area contributed by atoms with E-state index in [4.69, 9.17) is 4.74 Å². The van der Waals surface area contributed by atoms with Gasteiger partial charge in [-0.2, -0.15) is 27.1 Å². The summed E-state index contributed by atoms with van der Waals surface area (Å²) in [6, 6.07) is 9.29. The maximum atomic E-state index is 15.0. The number of ether oxygens (including phenoxy) is 1. The highest BCUT2D eigenvalue weighted by Crippen LogP contribution is 2.45. The van der Waals surface area contributed by atoms with Crippen molar-refractivity contribution in [2.75, 3.05) is 24.6 Å². The Morgan fingerprint density at radius 1 is 1.17 bits per heavy atom. The number of rotatable bonds is 13. The van der Waals surface area contributed by atoms with E-state index in [1.165, 1.54) is 31.1 Å². The number of benzene rings is 1. The molecule has 8 nitrogen and oxygen atoms in total. The van der Waals surface area contributed by atoms with Crippen LogP contribution in [0.15, 0.2) is 59.3 Å². The van der Waals surface area contributed by atoms with Crippen molar-refractivity contribution in [3.63, 3.8) is 0 Å². The molecule has 1 aromatic carbocycles. The minimum atomic E-state index is -4.81. The Morgan fingerprint density at radius 3 is 2.55 bits per heavy atom. The number of carbonyl (C=O) groups is 2. The van der Waals surface area contributed by atoms with Gasteiger partial charge in [0, 0.05) is 79.2 Å². The molecule has 288 valence electrons. The quantitative estimate of drug-likeness (QED) is 0.0608. The summed E-state index contributed by atoms with van der Waals surface area (Å²) in [5.74, 6) is -1.07. The molecule has 2 saturated heterocycles. The highest BCUT2D eigenvalue weighted by Gasteiger charge is 2.56. The van der Waals surface area contributed by atoms with Crippen LogP contribution >= 0.6 is 54.7 Å². The first-order chi connectivity index (χ1) is 25.2. The third-order valence-corrected chi connectivity index (χ3v) is 13.9. The average Bonchev–Trinajstić information content (AvgIpc) is 3.62. The van der Waals surface area contributed by atoms with E-state index in [2.05, 4.69) is 39.3 Å². The van der Waals surface area contributed by atoms with E-state index in [9.17, 15) is 31.5 Å². The zero-order valence-electron chi connectivity index (χ0n) is 29.4. The number of nitrogens with zero attached hydrogens (tertiary/aromatic N) is 4. The number of pyridine rings is 1. The van der Waals surface area contributed by atoms with E-state index in [0.29, 0.717) is 32.4 Å². The van der Waals surface area contributed by atoms with Crippen LogP contribution in [0.4, 0.5) is 22.0 Å². The number of alkyl halides is 7. The Hall–Kier alpha value is -2.74. The molecule has 1 N–H and O–H groups in total. The summed E-state index contributed by atoms with van der Waals surface area (Å²) >= 11 is 1.65. The SMILES string of the molecule is C=NNC(CCc1ccccc1C1CCN(C(=O)[C@]2(Oc3csc(C(F)(F)I)c3)CCCN(C(=O)c3cnccc3C(F)(F)F)[C@@H]2CCC)CC1)=IC. The molecule has 2 amide bonds. The Bertz CT molecular complexity index is 1790. The van der Waals surface area contributed by atoms with Crippen LogP contribution in [0.1, 0.15) is 89.7 Å². The molecule has 0 aliphatic carbocycles. The third kappa shape index (κ3) is 9.56. The number of piperidine rings is 2. The average molecular weight is 986 g/mol. The van der Waals surface area contributed by atoms with E-state index >= 15 is 0 Å². The molecule has 3 aromatic rings. The molecular formula is C37H42F5I2N5O3S. The molecule has 2 aliphatic heterocycles. The fourth-order valence-electron chi connectivity index (χ4n) is 7.45. The number of carbonyl (C=O) groups excluding carboxylic acids is 2. The van der Waals surface area contributed by atoms with Gasteiger partial charge in [-0.3, -0.25) is 20.0 Å². The Morgan fingerprint density at radius 2 is 1.91 bits per heavy atom. The molecule has 4 heterocycles. The van der Waals surface area contributed by atoms with Gasteiger partial charge in [-0.1, -0.05) is 37.6 Å². The van der Waals surface area contributed by atoms with Crippen LogP contribution in [0, 0.1) is 0 Å². The van der Waals surface area contributed by atoms with Gasteiger partial charge in [0.1, 0.15) is 5.75 Å². The van der Waals surface area contributed by atoms with Crippen molar-refractivity contribution >= 4 is 76.8 Å². The molecule has 0 bridgehead atoms. The van der Waals surface area contributed by atoms with E-state index < -0.39 is 44.7 Å². The van der Waals surface area contributed by atoms with Crippen LogP contribution in [-0.4, -0.2) is 73.2 Å². The molecule has 2 fully saturated rings. The standard InChI is InChI=1S/C37H42F5I2N5O3S/c1-4-8-30-35(52-26-21-31(53-23-26)37(41,42)43,16-7-18-49(30)33(50)28-22-46-17-13-29(28)36(38,39)40)34(51)48-19-14-25(15-20-48)27-10-6-5-9-24(27)11-12-32(44-2)47-45-3/h5-6,9-10,13,17,21-23,25,30,47H,3-4,7-8,11-12,14-16,18-20H2,1-2H3/t30-,35+/m1/s1. The van der Waals surface area contributed by atoms with Gasteiger partial charge in [-0.25, -0.2) is 0 Å². The summed E-state index contributed by atoms with van der Waals surface area (Å²) < 4.78 is 75.5. The monoisotopic (exact) mass is 985 g/mol. The topological polar surface area (TPSA) is 87.1 Å². The first-order valence-electron chi connectivity index (χ1n) is 17.3. The molecule has 0 radical (unpaired) electrons. The molecule has 5 rings (SSSR count). The van der Waals surface area contributed by atoms with E-state index in [0.717, 1.165) is 65.2 Å². The van der Waals surface area contributed by atoms with Crippen molar-refractivity contribution in [1.29, 1.82) is 0 Å². The molecule has 16 heteroatoms. The summed E-state index contributed by atoms with van der Waals surface area (Å²) in [5.41, 5.74) is 2.03. The fraction of sp³-hybridized carbons (Fsp3) is 0.486. The first kappa shape index (κ1) is 41.4. The summed E-state index contributed by atoms with van der Waals surface area (Å²) in [7, 11) is 0. The van der Waals surface area contributed by atoms with Gasteiger partial charge >= 0.3 is 10.1 Å².